The molecule has 0 radical (unpaired) electrons. The van der Waals surface area contributed by atoms with Crippen LogP contribution in [0.25, 0.3) is 0 Å². The second kappa shape index (κ2) is 14.7. The normalized spacial score (nSPS) is 10.6. The lowest BCUT2D eigenvalue weighted by Gasteiger charge is -2.18. The number of esters is 2. The maximum absolute atomic E-state index is 11.7. The third-order valence-corrected chi connectivity index (χ3v) is 3.97. The quantitative estimate of drug-likeness (QED) is 0.160. The molecule has 0 saturated heterocycles. The highest BCUT2D eigenvalue weighted by molar-refractivity contribution is 5.88. The number of hydrogen-bond acceptors (Lipinski definition) is 4. The fourth-order valence-corrected chi connectivity index (χ4v) is 2.38. The summed E-state index contributed by atoms with van der Waals surface area (Å²) in [6, 6.07) is 0. The van der Waals surface area contributed by atoms with Gasteiger partial charge in [-0.15, -0.1) is 0 Å². The van der Waals surface area contributed by atoms with Crippen molar-refractivity contribution in [2.75, 3.05) is 0 Å². The molecule has 4 heteroatoms. The molecule has 0 amide bonds. The molecule has 0 bridgehead atoms. The van der Waals surface area contributed by atoms with Gasteiger partial charge in [0.2, 0.25) is 6.29 Å². The van der Waals surface area contributed by atoms with Crippen LogP contribution in [-0.2, 0) is 19.1 Å². The van der Waals surface area contributed by atoms with E-state index in [9.17, 15) is 9.59 Å². The molecule has 0 unspecified atom stereocenters. The maximum atomic E-state index is 11.7. The number of hydrogen-bond donors (Lipinski definition) is 0. The van der Waals surface area contributed by atoms with Crippen LogP contribution >= 0.6 is 0 Å². The van der Waals surface area contributed by atoms with Crippen LogP contribution in [0.3, 0.4) is 0 Å². The Bertz CT molecular complexity index is 398. The SMILES string of the molecule is C=C(C)C(=O)OC(CCCCCCCCCCCC)OC(=O)C(=C)C. The molecule has 0 aliphatic carbocycles. The van der Waals surface area contributed by atoms with E-state index in [0.717, 1.165) is 19.3 Å². The lowest BCUT2D eigenvalue weighted by Crippen LogP contribution is -2.25. The summed E-state index contributed by atoms with van der Waals surface area (Å²) in [6.45, 7) is 12.5. The van der Waals surface area contributed by atoms with Crippen molar-refractivity contribution >= 4 is 11.9 Å². The molecule has 0 rings (SSSR count). The zero-order chi connectivity index (χ0) is 19.1. The smallest absolute Gasteiger partial charge is 0.336 e. The average Bonchev–Trinajstić information content (AvgIpc) is 2.55. The highest BCUT2D eigenvalue weighted by atomic mass is 16.7. The average molecular weight is 353 g/mol. The first-order chi connectivity index (χ1) is 11.9. The lowest BCUT2D eigenvalue weighted by molar-refractivity contribution is -0.183. The van der Waals surface area contributed by atoms with E-state index in [-0.39, 0.29) is 0 Å². The van der Waals surface area contributed by atoms with Gasteiger partial charge in [0.1, 0.15) is 0 Å². The molecule has 4 nitrogen and oxygen atoms in total. The van der Waals surface area contributed by atoms with Gasteiger partial charge in [-0.2, -0.15) is 0 Å². The number of ether oxygens (including phenoxy) is 2. The molecule has 0 saturated carbocycles. The zero-order valence-electron chi connectivity index (χ0n) is 16.4. The van der Waals surface area contributed by atoms with Crippen molar-refractivity contribution in [3.8, 4) is 0 Å². The van der Waals surface area contributed by atoms with E-state index in [1.54, 1.807) is 13.8 Å². The summed E-state index contributed by atoms with van der Waals surface area (Å²) in [6.07, 6.45) is 11.8. The van der Waals surface area contributed by atoms with Crippen molar-refractivity contribution in [2.24, 2.45) is 0 Å². The summed E-state index contributed by atoms with van der Waals surface area (Å²) in [5.74, 6) is -1.07. The first kappa shape index (κ1) is 23.4. The topological polar surface area (TPSA) is 52.6 Å². The van der Waals surface area contributed by atoms with Crippen LogP contribution in [0.4, 0.5) is 0 Å². The van der Waals surface area contributed by atoms with E-state index in [4.69, 9.17) is 9.47 Å². The predicted molar refractivity (Wildman–Crippen MR) is 102 cm³/mol. The fourth-order valence-electron chi connectivity index (χ4n) is 2.38. The minimum atomic E-state index is -0.859. The van der Waals surface area contributed by atoms with E-state index in [1.807, 2.05) is 0 Å². The molecule has 0 atom stereocenters. The van der Waals surface area contributed by atoms with Crippen LogP contribution in [0.15, 0.2) is 24.3 Å². The number of rotatable bonds is 15. The number of carbonyl (C=O) groups is 2. The lowest BCUT2D eigenvalue weighted by atomic mass is 10.1. The molecule has 25 heavy (non-hydrogen) atoms. The second-order valence-corrected chi connectivity index (χ2v) is 6.77. The van der Waals surface area contributed by atoms with E-state index in [0.29, 0.717) is 17.6 Å². The van der Waals surface area contributed by atoms with Crippen LogP contribution in [0.2, 0.25) is 0 Å². The fraction of sp³-hybridized carbons (Fsp3) is 0.714. The monoisotopic (exact) mass is 352 g/mol. The highest BCUT2D eigenvalue weighted by Gasteiger charge is 2.19. The van der Waals surface area contributed by atoms with Crippen LogP contribution in [0, 0.1) is 0 Å². The van der Waals surface area contributed by atoms with Crippen molar-refractivity contribution < 1.29 is 19.1 Å². The van der Waals surface area contributed by atoms with Gasteiger partial charge in [-0.1, -0.05) is 77.9 Å². The van der Waals surface area contributed by atoms with Crippen LogP contribution in [0.5, 0.6) is 0 Å². The van der Waals surface area contributed by atoms with Crippen molar-refractivity contribution in [1.29, 1.82) is 0 Å². The molecule has 0 N–H and O–H groups in total. The van der Waals surface area contributed by atoms with Gasteiger partial charge in [0.05, 0.1) is 0 Å². The Kier molecular flexibility index (Phi) is 13.8. The summed E-state index contributed by atoms with van der Waals surface area (Å²) in [5, 5.41) is 0. The molecule has 0 spiro atoms. The Balaban J connectivity index is 3.97. The minimum Gasteiger partial charge on any atom is -0.422 e. The van der Waals surface area contributed by atoms with E-state index < -0.39 is 18.2 Å². The van der Waals surface area contributed by atoms with Crippen molar-refractivity contribution in [3.05, 3.63) is 24.3 Å². The Labute approximate surface area is 153 Å². The molecule has 144 valence electrons. The summed E-state index contributed by atoms with van der Waals surface area (Å²) >= 11 is 0. The molecular formula is C21H36O4. The summed E-state index contributed by atoms with van der Waals surface area (Å²) in [7, 11) is 0. The van der Waals surface area contributed by atoms with Gasteiger partial charge in [0, 0.05) is 17.6 Å². The van der Waals surface area contributed by atoms with Crippen molar-refractivity contribution in [3.63, 3.8) is 0 Å². The largest absolute Gasteiger partial charge is 0.422 e. The van der Waals surface area contributed by atoms with E-state index >= 15 is 0 Å². The predicted octanol–water partition coefficient (Wildman–Crippen LogP) is 5.86. The van der Waals surface area contributed by atoms with Crippen LogP contribution < -0.4 is 0 Å². The van der Waals surface area contributed by atoms with Crippen molar-refractivity contribution in [1.82, 2.24) is 0 Å². The highest BCUT2D eigenvalue weighted by Crippen LogP contribution is 2.15. The Morgan fingerprint density at radius 1 is 0.720 bits per heavy atom. The molecule has 0 aromatic rings. The molecule has 0 aliphatic rings. The summed E-state index contributed by atoms with van der Waals surface area (Å²) in [5.41, 5.74) is 0.582. The van der Waals surface area contributed by atoms with Gasteiger partial charge in [-0.3, -0.25) is 0 Å². The second-order valence-electron chi connectivity index (χ2n) is 6.77. The Hall–Kier alpha value is -1.58. The van der Waals surface area contributed by atoms with E-state index in [1.165, 1.54) is 44.9 Å². The van der Waals surface area contributed by atoms with Gasteiger partial charge in [0.15, 0.2) is 0 Å². The van der Waals surface area contributed by atoms with Gasteiger partial charge in [-0.25, -0.2) is 9.59 Å². The molecule has 0 aromatic carbocycles. The third-order valence-electron chi connectivity index (χ3n) is 3.97. The Morgan fingerprint density at radius 3 is 1.44 bits per heavy atom. The molecular weight excluding hydrogens is 316 g/mol. The Morgan fingerprint density at radius 2 is 1.08 bits per heavy atom. The molecule has 0 heterocycles. The van der Waals surface area contributed by atoms with Crippen molar-refractivity contribution in [2.45, 2.75) is 97.7 Å². The number of unbranched alkanes of at least 4 members (excludes halogenated alkanes) is 9. The minimum absolute atomic E-state index is 0.291. The van der Waals surface area contributed by atoms with Gasteiger partial charge in [-0.05, 0) is 20.3 Å². The summed E-state index contributed by atoms with van der Waals surface area (Å²) in [4.78, 5) is 23.3. The van der Waals surface area contributed by atoms with E-state index in [2.05, 4.69) is 20.1 Å². The first-order valence-corrected chi connectivity index (χ1v) is 9.61. The molecule has 0 aromatic heterocycles. The molecule has 0 aliphatic heterocycles. The molecule has 0 fully saturated rings. The summed E-state index contributed by atoms with van der Waals surface area (Å²) < 4.78 is 10.4. The zero-order valence-corrected chi connectivity index (χ0v) is 16.4. The van der Waals surface area contributed by atoms with Gasteiger partial charge >= 0.3 is 11.9 Å². The third kappa shape index (κ3) is 13.4. The van der Waals surface area contributed by atoms with Gasteiger partial charge in [0.25, 0.3) is 0 Å². The van der Waals surface area contributed by atoms with Gasteiger partial charge < -0.3 is 9.47 Å². The first-order valence-electron chi connectivity index (χ1n) is 9.61. The van der Waals surface area contributed by atoms with Crippen LogP contribution in [0.1, 0.15) is 91.4 Å². The number of carbonyl (C=O) groups excluding carboxylic acids is 2. The maximum Gasteiger partial charge on any atom is 0.336 e. The van der Waals surface area contributed by atoms with Crippen LogP contribution in [-0.4, -0.2) is 18.2 Å². The standard InChI is InChI=1S/C21H36O4/c1-6-7-8-9-10-11-12-13-14-15-16-19(24-20(22)17(2)3)25-21(23)18(4)5/h19H,2,4,6-16H2,1,3,5H3.